The van der Waals surface area contributed by atoms with Crippen LogP contribution in [0.15, 0.2) is 6.20 Å². The summed E-state index contributed by atoms with van der Waals surface area (Å²) in [5.74, 6) is -1.01. The number of rotatable bonds is 3. The van der Waals surface area contributed by atoms with E-state index in [4.69, 9.17) is 11.0 Å². The summed E-state index contributed by atoms with van der Waals surface area (Å²) >= 11 is 0. The van der Waals surface area contributed by atoms with E-state index in [1.807, 2.05) is 0 Å². The second-order valence-corrected chi connectivity index (χ2v) is 3.03. The number of esters is 1. The van der Waals surface area contributed by atoms with Gasteiger partial charge in [-0.25, -0.2) is 18.6 Å². The zero-order valence-corrected chi connectivity index (χ0v) is 8.91. The van der Waals surface area contributed by atoms with E-state index in [-0.39, 0.29) is 17.7 Å². The minimum atomic E-state index is -3.00. The Labute approximate surface area is 95.8 Å². The summed E-state index contributed by atoms with van der Waals surface area (Å²) in [6, 6.07) is 1.61. The maximum Gasteiger partial charge on any atom is 0.357 e. The molecule has 1 aromatic heterocycles. The molecular weight excluding hydrogens is 232 g/mol. The maximum atomic E-state index is 12.8. The number of nitrogens with two attached hydrogens (primary N) is 1. The smallest absolute Gasteiger partial charge is 0.357 e. The molecule has 0 saturated carbocycles. The molecule has 5 nitrogen and oxygen atoms in total. The number of nitrogens with zero attached hydrogens (tertiary/aromatic N) is 2. The Morgan fingerprint density at radius 1 is 1.71 bits per heavy atom. The molecule has 0 amide bonds. The van der Waals surface area contributed by atoms with Gasteiger partial charge in [0.05, 0.1) is 18.2 Å². The Morgan fingerprint density at radius 3 is 2.76 bits per heavy atom. The van der Waals surface area contributed by atoms with Crippen molar-refractivity contribution in [1.82, 2.24) is 4.98 Å². The predicted molar refractivity (Wildman–Crippen MR) is 53.1 cm³/mol. The van der Waals surface area contributed by atoms with Crippen LogP contribution in [0.5, 0.6) is 0 Å². The summed E-state index contributed by atoms with van der Waals surface area (Å²) in [6.45, 7) is -0.114. The summed E-state index contributed by atoms with van der Waals surface area (Å²) in [5.41, 5.74) is 3.85. The molecule has 1 rings (SSSR count). The van der Waals surface area contributed by atoms with Crippen molar-refractivity contribution in [1.29, 1.82) is 5.26 Å². The molecule has 7 heteroatoms. The lowest BCUT2D eigenvalue weighted by Crippen LogP contribution is -2.14. The van der Waals surface area contributed by atoms with Gasteiger partial charge in [-0.1, -0.05) is 0 Å². The zero-order chi connectivity index (χ0) is 13.0. The molecule has 0 saturated heterocycles. The lowest BCUT2D eigenvalue weighted by atomic mass is 10.0. The molecule has 1 aromatic rings. The van der Waals surface area contributed by atoms with Gasteiger partial charge in [-0.3, -0.25) is 0 Å². The van der Waals surface area contributed by atoms with Crippen LogP contribution in [-0.4, -0.2) is 18.1 Å². The highest BCUT2D eigenvalue weighted by molar-refractivity contribution is 5.89. The van der Waals surface area contributed by atoms with Gasteiger partial charge in [0.15, 0.2) is 5.69 Å². The average Bonchev–Trinajstić information content (AvgIpc) is 2.35. The minimum absolute atomic E-state index is 0.114. The Hall–Kier alpha value is -2.07. The molecule has 1 heterocycles. The van der Waals surface area contributed by atoms with E-state index in [0.29, 0.717) is 0 Å². The summed E-state index contributed by atoms with van der Waals surface area (Å²) in [7, 11) is 1.04. The van der Waals surface area contributed by atoms with E-state index >= 15 is 0 Å². The first-order chi connectivity index (χ1) is 8.06. The number of pyridine rings is 1. The van der Waals surface area contributed by atoms with Crippen LogP contribution in [0.2, 0.25) is 0 Å². The number of hydrogen-bond acceptors (Lipinski definition) is 5. The maximum absolute atomic E-state index is 12.8. The van der Waals surface area contributed by atoms with E-state index < -0.39 is 23.7 Å². The van der Waals surface area contributed by atoms with Gasteiger partial charge >= 0.3 is 5.97 Å². The quantitative estimate of drug-likeness (QED) is 0.801. The molecule has 0 aliphatic carbocycles. The van der Waals surface area contributed by atoms with Crippen molar-refractivity contribution in [3.63, 3.8) is 0 Å². The summed E-state index contributed by atoms with van der Waals surface area (Å²) in [4.78, 5) is 14.8. The van der Waals surface area contributed by atoms with Crippen molar-refractivity contribution in [2.45, 2.75) is 13.0 Å². The molecule has 0 aromatic carbocycles. The Morgan fingerprint density at radius 2 is 2.35 bits per heavy atom. The molecule has 0 aliphatic rings. The number of nitriles is 1. The largest absolute Gasteiger partial charge is 0.464 e. The van der Waals surface area contributed by atoms with Crippen molar-refractivity contribution in [2.75, 3.05) is 7.11 Å². The van der Waals surface area contributed by atoms with Crippen LogP contribution in [-0.2, 0) is 11.3 Å². The fourth-order valence-electron chi connectivity index (χ4n) is 1.33. The van der Waals surface area contributed by atoms with Crippen LogP contribution in [0.25, 0.3) is 0 Å². The van der Waals surface area contributed by atoms with Crippen LogP contribution in [0.1, 0.15) is 33.6 Å². The first-order valence-corrected chi connectivity index (χ1v) is 4.55. The topological polar surface area (TPSA) is 89.0 Å². The number of alkyl halides is 2. The molecule has 2 N–H and O–H groups in total. The van der Waals surface area contributed by atoms with Crippen LogP contribution < -0.4 is 5.73 Å². The summed E-state index contributed by atoms with van der Waals surface area (Å²) < 4.78 is 30.0. The number of methoxy groups -OCH3 is 1. The van der Waals surface area contributed by atoms with Crippen LogP contribution in [0, 0.1) is 11.3 Å². The van der Waals surface area contributed by atoms with Crippen molar-refractivity contribution in [2.24, 2.45) is 5.73 Å². The second-order valence-electron chi connectivity index (χ2n) is 3.03. The van der Waals surface area contributed by atoms with Gasteiger partial charge in [-0.2, -0.15) is 5.26 Å². The van der Waals surface area contributed by atoms with Gasteiger partial charge in [0.1, 0.15) is 6.07 Å². The summed E-state index contributed by atoms with van der Waals surface area (Å²) in [5, 5.41) is 8.84. The monoisotopic (exact) mass is 241 g/mol. The van der Waals surface area contributed by atoms with E-state index in [0.717, 1.165) is 13.3 Å². The number of carbonyl (C=O) groups excluding carboxylic acids is 1. The fourth-order valence-corrected chi connectivity index (χ4v) is 1.33. The van der Waals surface area contributed by atoms with Gasteiger partial charge in [0, 0.05) is 18.3 Å². The standard InChI is InChI=1S/C10H9F2N3O2/c1-17-10(16)8-7(9(11)12)6(3-14)5(2-13)4-15-8/h4,9H,2,13H2,1H3. The van der Waals surface area contributed by atoms with Crippen LogP contribution in [0.3, 0.4) is 0 Å². The lowest BCUT2D eigenvalue weighted by Gasteiger charge is -2.10. The van der Waals surface area contributed by atoms with Gasteiger partial charge in [0.2, 0.25) is 0 Å². The highest BCUT2D eigenvalue weighted by Crippen LogP contribution is 2.27. The second kappa shape index (κ2) is 5.32. The fraction of sp³-hybridized carbons (Fsp3) is 0.300. The van der Waals surface area contributed by atoms with Crippen molar-refractivity contribution in [3.05, 3.63) is 28.6 Å². The van der Waals surface area contributed by atoms with Crippen LogP contribution >= 0.6 is 0 Å². The van der Waals surface area contributed by atoms with E-state index in [2.05, 4.69) is 9.72 Å². The molecule has 0 aliphatic heterocycles. The highest BCUT2D eigenvalue weighted by Gasteiger charge is 2.26. The number of carbonyl (C=O) groups is 1. The Balaban J connectivity index is 3.55. The minimum Gasteiger partial charge on any atom is -0.464 e. The first-order valence-electron chi connectivity index (χ1n) is 4.55. The third kappa shape index (κ3) is 2.37. The number of hydrogen-bond donors (Lipinski definition) is 1. The van der Waals surface area contributed by atoms with Gasteiger partial charge < -0.3 is 10.5 Å². The third-order valence-corrected chi connectivity index (χ3v) is 2.12. The van der Waals surface area contributed by atoms with Gasteiger partial charge in [-0.15, -0.1) is 0 Å². The van der Waals surface area contributed by atoms with Crippen molar-refractivity contribution < 1.29 is 18.3 Å². The summed E-state index contributed by atoms with van der Waals surface area (Å²) in [6.07, 6.45) is -1.88. The Kier molecular flexibility index (Phi) is 4.06. The van der Waals surface area contributed by atoms with Crippen molar-refractivity contribution in [3.8, 4) is 6.07 Å². The SMILES string of the molecule is COC(=O)c1ncc(CN)c(C#N)c1C(F)F. The van der Waals surface area contributed by atoms with E-state index in [1.165, 1.54) is 0 Å². The molecule has 17 heavy (non-hydrogen) atoms. The van der Waals surface area contributed by atoms with Crippen molar-refractivity contribution >= 4 is 5.97 Å². The molecule has 0 radical (unpaired) electrons. The highest BCUT2D eigenvalue weighted by atomic mass is 19.3. The van der Waals surface area contributed by atoms with Gasteiger partial charge in [0.25, 0.3) is 6.43 Å². The number of aromatic nitrogens is 1. The van der Waals surface area contributed by atoms with E-state index in [9.17, 15) is 13.6 Å². The number of ether oxygens (including phenoxy) is 1. The normalized spacial score (nSPS) is 10.1. The number of halogens is 2. The molecule has 0 atom stereocenters. The Bertz CT molecular complexity index is 483. The van der Waals surface area contributed by atoms with Crippen LogP contribution in [0.4, 0.5) is 8.78 Å². The molecule has 90 valence electrons. The third-order valence-electron chi connectivity index (χ3n) is 2.12. The first kappa shape index (κ1) is 13.0. The molecule has 0 unspecified atom stereocenters. The van der Waals surface area contributed by atoms with Gasteiger partial charge in [-0.05, 0) is 0 Å². The lowest BCUT2D eigenvalue weighted by molar-refractivity contribution is 0.0581. The van der Waals surface area contributed by atoms with E-state index in [1.54, 1.807) is 6.07 Å². The molecule has 0 bridgehead atoms. The molecule has 0 spiro atoms. The zero-order valence-electron chi connectivity index (χ0n) is 8.91. The molecular formula is C10H9F2N3O2. The predicted octanol–water partition coefficient (Wildman–Crippen LogP) is 1.14. The molecule has 0 fully saturated rings. The average molecular weight is 241 g/mol.